The van der Waals surface area contributed by atoms with E-state index in [9.17, 15) is 14.3 Å². The third-order valence-electron chi connectivity index (χ3n) is 5.56. The van der Waals surface area contributed by atoms with E-state index in [2.05, 4.69) is 5.32 Å². The molecule has 138 valence electrons. The summed E-state index contributed by atoms with van der Waals surface area (Å²) in [6.07, 6.45) is 3.96. The first-order valence-corrected chi connectivity index (χ1v) is 10.0. The molecular formula is C20H23FN2O2S. The predicted molar refractivity (Wildman–Crippen MR) is 102 cm³/mol. The van der Waals surface area contributed by atoms with Crippen LogP contribution in [0.5, 0.6) is 0 Å². The van der Waals surface area contributed by atoms with Crippen molar-refractivity contribution in [2.45, 2.75) is 44.2 Å². The SMILES string of the molecule is O=C(O)N(CC1CC2CCC(C1)N2)c1ccsc1Cc1ccccc1F. The average molecular weight is 374 g/mol. The summed E-state index contributed by atoms with van der Waals surface area (Å²) in [5.41, 5.74) is 1.30. The van der Waals surface area contributed by atoms with Gasteiger partial charge in [0.25, 0.3) is 0 Å². The number of halogens is 1. The molecule has 2 aromatic rings. The van der Waals surface area contributed by atoms with Gasteiger partial charge in [-0.2, -0.15) is 0 Å². The molecule has 4 nitrogen and oxygen atoms in total. The summed E-state index contributed by atoms with van der Waals surface area (Å²) < 4.78 is 14.0. The molecule has 0 radical (unpaired) electrons. The van der Waals surface area contributed by atoms with Gasteiger partial charge < -0.3 is 10.4 Å². The van der Waals surface area contributed by atoms with E-state index >= 15 is 0 Å². The number of piperidine rings is 1. The van der Waals surface area contributed by atoms with Crippen molar-refractivity contribution < 1.29 is 14.3 Å². The zero-order valence-corrected chi connectivity index (χ0v) is 15.3. The number of anilines is 1. The van der Waals surface area contributed by atoms with Gasteiger partial charge >= 0.3 is 6.09 Å². The smallest absolute Gasteiger partial charge is 0.411 e. The van der Waals surface area contributed by atoms with Crippen molar-refractivity contribution in [3.05, 3.63) is 52.0 Å². The van der Waals surface area contributed by atoms with Crippen molar-refractivity contribution in [3.63, 3.8) is 0 Å². The van der Waals surface area contributed by atoms with E-state index in [-0.39, 0.29) is 5.82 Å². The molecular weight excluding hydrogens is 351 g/mol. The van der Waals surface area contributed by atoms with Gasteiger partial charge in [-0.3, -0.25) is 4.90 Å². The highest BCUT2D eigenvalue weighted by Gasteiger charge is 2.35. The summed E-state index contributed by atoms with van der Waals surface area (Å²) in [7, 11) is 0. The normalized spacial score (nSPS) is 24.6. The third kappa shape index (κ3) is 3.62. The summed E-state index contributed by atoms with van der Waals surface area (Å²) in [5, 5.41) is 15.3. The summed E-state index contributed by atoms with van der Waals surface area (Å²) in [4.78, 5) is 14.3. The highest BCUT2D eigenvalue weighted by molar-refractivity contribution is 7.10. The monoisotopic (exact) mass is 374 g/mol. The number of carboxylic acid groups (broad SMARTS) is 1. The van der Waals surface area contributed by atoms with E-state index in [0.717, 1.165) is 17.7 Å². The van der Waals surface area contributed by atoms with Crippen molar-refractivity contribution in [2.75, 3.05) is 11.4 Å². The molecule has 3 heterocycles. The molecule has 2 unspecified atom stereocenters. The van der Waals surface area contributed by atoms with Gasteiger partial charge in [0.1, 0.15) is 5.82 Å². The van der Waals surface area contributed by atoms with Crippen LogP contribution in [0.25, 0.3) is 0 Å². The van der Waals surface area contributed by atoms with E-state index < -0.39 is 6.09 Å². The maximum atomic E-state index is 14.0. The Balaban J connectivity index is 1.53. The summed E-state index contributed by atoms with van der Waals surface area (Å²) >= 11 is 1.49. The molecule has 4 rings (SSSR count). The van der Waals surface area contributed by atoms with Crippen molar-refractivity contribution in [1.82, 2.24) is 5.32 Å². The second-order valence-corrected chi connectivity index (χ2v) is 8.37. The van der Waals surface area contributed by atoms with E-state index in [1.807, 2.05) is 17.5 Å². The molecule has 2 atom stereocenters. The van der Waals surface area contributed by atoms with Crippen LogP contribution in [0.1, 0.15) is 36.1 Å². The number of nitrogens with one attached hydrogen (secondary N) is 1. The molecule has 2 aliphatic rings. The van der Waals surface area contributed by atoms with Crippen molar-refractivity contribution in [3.8, 4) is 0 Å². The van der Waals surface area contributed by atoms with Gasteiger partial charge in [0.15, 0.2) is 0 Å². The van der Waals surface area contributed by atoms with Crippen molar-refractivity contribution in [1.29, 1.82) is 0 Å². The van der Waals surface area contributed by atoms with Crippen LogP contribution in [-0.2, 0) is 6.42 Å². The van der Waals surface area contributed by atoms with Gasteiger partial charge in [-0.25, -0.2) is 9.18 Å². The number of rotatable bonds is 5. The Morgan fingerprint density at radius 2 is 1.96 bits per heavy atom. The first kappa shape index (κ1) is 17.5. The van der Waals surface area contributed by atoms with Gasteiger partial charge in [0.2, 0.25) is 0 Å². The first-order chi connectivity index (χ1) is 12.6. The maximum absolute atomic E-state index is 14.0. The van der Waals surface area contributed by atoms with Crippen LogP contribution in [0.3, 0.4) is 0 Å². The molecule has 2 saturated heterocycles. The Morgan fingerprint density at radius 1 is 1.23 bits per heavy atom. The number of hydrogen-bond donors (Lipinski definition) is 2. The number of thiophene rings is 1. The van der Waals surface area contributed by atoms with Gasteiger partial charge in [-0.1, -0.05) is 18.2 Å². The minimum atomic E-state index is -0.927. The number of amides is 1. The lowest BCUT2D eigenvalue weighted by molar-refractivity contribution is 0.198. The average Bonchev–Trinajstić information content (AvgIpc) is 3.20. The van der Waals surface area contributed by atoms with E-state index in [0.29, 0.717) is 42.2 Å². The fourth-order valence-corrected chi connectivity index (χ4v) is 5.28. The van der Waals surface area contributed by atoms with Crippen LogP contribution in [-0.4, -0.2) is 29.8 Å². The number of fused-ring (bicyclic) bond motifs is 2. The number of carbonyl (C=O) groups is 1. The van der Waals surface area contributed by atoms with Gasteiger partial charge in [-0.15, -0.1) is 11.3 Å². The van der Waals surface area contributed by atoms with Gasteiger partial charge in [-0.05, 0) is 54.7 Å². The minimum absolute atomic E-state index is 0.247. The lowest BCUT2D eigenvalue weighted by atomic mass is 9.92. The predicted octanol–water partition coefficient (Wildman–Crippen LogP) is 4.49. The van der Waals surface area contributed by atoms with Crippen molar-refractivity contribution in [2.24, 2.45) is 5.92 Å². The molecule has 0 saturated carbocycles. The Kier molecular flexibility index (Phi) is 4.96. The molecule has 1 aromatic heterocycles. The van der Waals surface area contributed by atoms with E-state index in [1.54, 1.807) is 12.1 Å². The quantitative estimate of drug-likeness (QED) is 0.811. The Hall–Kier alpha value is -1.92. The zero-order valence-electron chi connectivity index (χ0n) is 14.5. The van der Waals surface area contributed by atoms with Gasteiger partial charge in [0, 0.05) is 29.9 Å². The zero-order chi connectivity index (χ0) is 18.1. The third-order valence-corrected chi connectivity index (χ3v) is 6.47. The van der Waals surface area contributed by atoms with E-state index in [1.165, 1.54) is 35.1 Å². The Bertz CT molecular complexity index is 782. The van der Waals surface area contributed by atoms with Crippen molar-refractivity contribution >= 4 is 23.1 Å². The van der Waals surface area contributed by atoms with Crippen LogP contribution in [0.15, 0.2) is 35.7 Å². The highest BCUT2D eigenvalue weighted by Crippen LogP contribution is 2.35. The number of hydrogen-bond acceptors (Lipinski definition) is 3. The Morgan fingerprint density at radius 3 is 2.65 bits per heavy atom. The summed E-state index contributed by atoms with van der Waals surface area (Å²) in [6.45, 7) is 0.519. The molecule has 2 N–H and O–H groups in total. The van der Waals surface area contributed by atoms with Crippen LogP contribution in [0.2, 0.25) is 0 Å². The van der Waals surface area contributed by atoms with Crippen LogP contribution in [0.4, 0.5) is 14.9 Å². The molecule has 0 aliphatic carbocycles. The molecule has 2 aliphatic heterocycles. The molecule has 0 spiro atoms. The molecule has 1 amide bonds. The lowest BCUT2D eigenvalue weighted by Crippen LogP contribution is -2.43. The largest absolute Gasteiger partial charge is 0.465 e. The standard InChI is InChI=1S/C20H23FN2O2S/c21-17-4-2-1-3-14(17)11-19-18(7-8-26-19)23(20(24)25)12-13-9-15-5-6-16(10-13)22-15/h1-4,7-8,13,15-16,22H,5-6,9-12H2,(H,24,25). The van der Waals surface area contributed by atoms with E-state index in [4.69, 9.17) is 0 Å². The molecule has 2 fully saturated rings. The Labute approximate surface area is 156 Å². The van der Waals surface area contributed by atoms with Crippen LogP contribution in [0, 0.1) is 11.7 Å². The molecule has 2 bridgehead atoms. The summed E-state index contributed by atoms with van der Waals surface area (Å²) in [5.74, 6) is 0.134. The fourth-order valence-electron chi connectivity index (χ4n) is 4.38. The second kappa shape index (κ2) is 7.37. The number of nitrogens with zero attached hydrogens (tertiary/aromatic N) is 1. The molecule has 26 heavy (non-hydrogen) atoms. The topological polar surface area (TPSA) is 52.6 Å². The molecule has 6 heteroatoms. The first-order valence-electron chi connectivity index (χ1n) is 9.16. The number of benzene rings is 1. The lowest BCUT2D eigenvalue weighted by Gasteiger charge is -2.32. The molecule has 1 aromatic carbocycles. The minimum Gasteiger partial charge on any atom is -0.465 e. The summed E-state index contributed by atoms with van der Waals surface area (Å²) in [6, 6.07) is 9.61. The maximum Gasteiger partial charge on any atom is 0.411 e. The fraction of sp³-hybridized carbons (Fsp3) is 0.450. The van der Waals surface area contributed by atoms with Crippen LogP contribution < -0.4 is 10.2 Å². The second-order valence-electron chi connectivity index (χ2n) is 7.37. The van der Waals surface area contributed by atoms with Crippen LogP contribution >= 0.6 is 11.3 Å². The highest BCUT2D eigenvalue weighted by atomic mass is 32.1. The van der Waals surface area contributed by atoms with Gasteiger partial charge in [0.05, 0.1) is 5.69 Å².